The summed E-state index contributed by atoms with van der Waals surface area (Å²) in [5.41, 5.74) is 0.519. The van der Waals surface area contributed by atoms with E-state index in [4.69, 9.17) is 4.42 Å². The molecule has 1 saturated carbocycles. The Labute approximate surface area is 127 Å². The molecule has 0 radical (unpaired) electrons. The summed E-state index contributed by atoms with van der Waals surface area (Å²) in [5, 5.41) is 9.87. The van der Waals surface area contributed by atoms with Crippen molar-refractivity contribution in [1.82, 2.24) is 0 Å². The van der Waals surface area contributed by atoms with Gasteiger partial charge in [0.1, 0.15) is 5.42 Å². The molecule has 1 N–H and O–H groups in total. The number of rotatable bonds is 1. The minimum Gasteiger partial charge on any atom is -0.504 e. The van der Waals surface area contributed by atoms with Crippen LogP contribution >= 0.6 is 0 Å². The van der Waals surface area contributed by atoms with Crippen LogP contribution in [0.15, 0.2) is 39.6 Å². The van der Waals surface area contributed by atoms with Gasteiger partial charge in [-0.1, -0.05) is 19.3 Å². The van der Waals surface area contributed by atoms with Gasteiger partial charge in [-0.2, -0.15) is 0 Å². The van der Waals surface area contributed by atoms with Gasteiger partial charge in [0.2, 0.25) is 0 Å². The fraction of sp³-hybridized carbons (Fsp3) is 0.333. The second kappa shape index (κ2) is 6.18. The summed E-state index contributed by atoms with van der Waals surface area (Å²) in [6, 6.07) is 1.38. The smallest absolute Gasteiger partial charge is 0.263 e. The lowest BCUT2D eigenvalue weighted by molar-refractivity contribution is -0.110. The highest BCUT2D eigenvalue weighted by Crippen LogP contribution is 2.24. The van der Waals surface area contributed by atoms with E-state index in [1.807, 2.05) is 6.08 Å². The lowest BCUT2D eigenvalue weighted by Gasteiger charge is -2.17. The number of hydrogen-bond donors (Lipinski definition) is 1. The van der Waals surface area contributed by atoms with Crippen LogP contribution in [-0.4, -0.2) is 10.9 Å². The molecule has 0 unspecified atom stereocenters. The summed E-state index contributed by atoms with van der Waals surface area (Å²) in [6.45, 7) is 0. The van der Waals surface area contributed by atoms with E-state index < -0.39 is 5.43 Å². The van der Waals surface area contributed by atoms with Gasteiger partial charge in [0, 0.05) is 11.6 Å². The van der Waals surface area contributed by atoms with Crippen LogP contribution in [0, 0.1) is 5.92 Å². The Morgan fingerprint density at radius 2 is 1.73 bits per heavy atom. The fourth-order valence-corrected chi connectivity index (χ4v) is 2.92. The zero-order chi connectivity index (χ0) is 15.5. The first kappa shape index (κ1) is 14.6. The van der Waals surface area contributed by atoms with Gasteiger partial charge >= 0.3 is 0 Å². The number of allylic oxidation sites excluding steroid dienone is 4. The largest absolute Gasteiger partial charge is 0.504 e. The van der Waals surface area contributed by atoms with E-state index in [0.717, 1.165) is 12.8 Å². The first-order chi connectivity index (χ1) is 10.6. The van der Waals surface area contributed by atoms with Crippen molar-refractivity contribution >= 4 is 17.4 Å². The van der Waals surface area contributed by atoms with Gasteiger partial charge in [0.15, 0.2) is 16.9 Å². The lowest BCUT2D eigenvalue weighted by atomic mass is 9.89. The van der Waals surface area contributed by atoms with Crippen LogP contribution in [0.5, 0.6) is 5.75 Å². The van der Waals surface area contributed by atoms with Crippen molar-refractivity contribution in [3.8, 4) is 5.75 Å². The van der Waals surface area contributed by atoms with Gasteiger partial charge in [-0.3, -0.25) is 9.59 Å². The van der Waals surface area contributed by atoms with Crippen LogP contribution in [0.3, 0.4) is 0 Å². The van der Waals surface area contributed by atoms with Gasteiger partial charge in [0.25, 0.3) is 5.43 Å². The maximum atomic E-state index is 12.1. The van der Waals surface area contributed by atoms with Crippen LogP contribution in [0.25, 0.3) is 11.6 Å². The molecule has 1 aromatic heterocycles. The standard InChI is InChI=1S/C18H18O4/c19-14-8-6-13(7-9-14)18-17(21)16(20)11-15(22-18)10-12-4-2-1-3-5-12/h6-12,20H,1-5H2/b15-10+. The van der Waals surface area contributed by atoms with Crippen molar-refractivity contribution in [3.05, 3.63) is 51.4 Å². The Kier molecular flexibility index (Phi) is 4.09. The topological polar surface area (TPSA) is 67.5 Å². The van der Waals surface area contributed by atoms with Crippen LogP contribution < -0.4 is 16.3 Å². The second-order valence-corrected chi connectivity index (χ2v) is 5.78. The third-order valence-corrected chi connectivity index (χ3v) is 4.10. The fourth-order valence-electron chi connectivity index (χ4n) is 2.92. The highest BCUT2D eigenvalue weighted by molar-refractivity contribution is 6.04. The van der Waals surface area contributed by atoms with Gasteiger partial charge in [-0.25, -0.2) is 0 Å². The van der Waals surface area contributed by atoms with Gasteiger partial charge < -0.3 is 9.52 Å². The molecule has 0 bridgehead atoms. The summed E-state index contributed by atoms with van der Waals surface area (Å²) in [7, 11) is 0. The minimum atomic E-state index is -0.556. The van der Waals surface area contributed by atoms with Gasteiger partial charge in [0.05, 0.1) is 0 Å². The zero-order valence-corrected chi connectivity index (χ0v) is 12.2. The number of hydrogen-bond acceptors (Lipinski definition) is 4. The zero-order valence-electron chi connectivity index (χ0n) is 12.2. The molecule has 0 amide bonds. The van der Waals surface area contributed by atoms with E-state index >= 15 is 0 Å². The van der Waals surface area contributed by atoms with Crippen molar-refractivity contribution in [2.45, 2.75) is 32.1 Å². The Balaban J connectivity index is 2.12. The van der Waals surface area contributed by atoms with Crippen LogP contribution in [-0.2, 0) is 4.79 Å². The summed E-state index contributed by atoms with van der Waals surface area (Å²) in [4.78, 5) is 23.2. The Bertz CT molecular complexity index is 800. The number of ketones is 1. The van der Waals surface area contributed by atoms with Crippen molar-refractivity contribution in [2.75, 3.05) is 0 Å². The summed E-state index contributed by atoms with van der Waals surface area (Å²) >= 11 is 0. The van der Waals surface area contributed by atoms with Crippen LogP contribution in [0.1, 0.15) is 32.1 Å². The number of carbonyl (C=O) groups is 1. The van der Waals surface area contributed by atoms with E-state index in [1.54, 1.807) is 0 Å². The highest BCUT2D eigenvalue weighted by Gasteiger charge is 2.12. The molecule has 4 nitrogen and oxygen atoms in total. The summed E-state index contributed by atoms with van der Waals surface area (Å²) in [6.07, 6.45) is 13.7. The predicted molar refractivity (Wildman–Crippen MR) is 83.6 cm³/mol. The quantitative estimate of drug-likeness (QED) is 0.854. The Hall–Kier alpha value is -2.36. The molecule has 4 heteroatoms. The van der Waals surface area contributed by atoms with Crippen LogP contribution in [0.2, 0.25) is 0 Å². The average molecular weight is 298 g/mol. The highest BCUT2D eigenvalue weighted by atomic mass is 16.3. The maximum absolute atomic E-state index is 12.1. The maximum Gasteiger partial charge on any atom is 0.263 e. The molecule has 114 valence electrons. The Morgan fingerprint density at radius 3 is 2.41 bits per heavy atom. The molecule has 0 saturated heterocycles. The molecule has 1 heterocycles. The molecule has 3 rings (SSSR count). The molecule has 22 heavy (non-hydrogen) atoms. The number of carbonyl (C=O) groups excluding carboxylic acids is 1. The molecule has 0 atom stereocenters. The normalized spacial score (nSPS) is 19.9. The van der Waals surface area contributed by atoms with E-state index in [-0.39, 0.29) is 16.9 Å². The molecule has 1 aromatic rings. The molecule has 2 aliphatic carbocycles. The van der Waals surface area contributed by atoms with Gasteiger partial charge in [-0.05, 0) is 49.1 Å². The third kappa shape index (κ3) is 3.11. The first-order valence-electron chi connectivity index (χ1n) is 7.63. The lowest BCUT2D eigenvalue weighted by Crippen LogP contribution is -2.30. The van der Waals surface area contributed by atoms with Gasteiger partial charge in [-0.15, -0.1) is 0 Å². The van der Waals surface area contributed by atoms with Crippen molar-refractivity contribution < 1.29 is 14.3 Å². The van der Waals surface area contributed by atoms with Crippen molar-refractivity contribution in [1.29, 1.82) is 0 Å². The van der Waals surface area contributed by atoms with E-state index in [2.05, 4.69) is 0 Å². The molecular weight excluding hydrogens is 280 g/mol. The molecule has 0 aliphatic heterocycles. The third-order valence-electron chi connectivity index (χ3n) is 4.10. The van der Waals surface area contributed by atoms with E-state index in [0.29, 0.717) is 16.9 Å². The predicted octanol–water partition coefficient (Wildman–Crippen LogP) is 1.55. The van der Waals surface area contributed by atoms with Crippen LogP contribution in [0.4, 0.5) is 0 Å². The molecular formula is C18H18O4. The monoisotopic (exact) mass is 298 g/mol. The van der Waals surface area contributed by atoms with E-state index in [9.17, 15) is 14.7 Å². The van der Waals surface area contributed by atoms with Crippen molar-refractivity contribution in [2.24, 2.45) is 5.92 Å². The number of aromatic hydroxyl groups is 1. The molecule has 2 aliphatic rings. The Morgan fingerprint density at radius 1 is 1.05 bits per heavy atom. The van der Waals surface area contributed by atoms with Crippen molar-refractivity contribution in [3.63, 3.8) is 0 Å². The minimum absolute atomic E-state index is 0.0714. The molecule has 0 aromatic carbocycles. The summed E-state index contributed by atoms with van der Waals surface area (Å²) < 4.78 is 5.69. The average Bonchev–Trinajstić information content (AvgIpc) is 2.53. The molecule has 1 fully saturated rings. The van der Waals surface area contributed by atoms with E-state index in [1.165, 1.54) is 49.6 Å². The molecule has 0 spiro atoms. The summed E-state index contributed by atoms with van der Waals surface area (Å²) in [5.74, 6) is -0.0360. The first-order valence-corrected chi connectivity index (χ1v) is 7.63. The SMILES string of the molecule is O=C1C=CC(=c2o/c(=C/C3CCCCC3)cc(O)c2=O)C=C1. The second-order valence-electron chi connectivity index (χ2n) is 5.78.